The van der Waals surface area contributed by atoms with Gasteiger partial charge in [-0.15, -0.1) is 10.2 Å². The molecule has 0 amide bonds. The van der Waals surface area contributed by atoms with E-state index in [1.54, 1.807) is 27.5 Å². The number of rotatable bonds is 3. The van der Waals surface area contributed by atoms with Crippen molar-refractivity contribution in [1.82, 2.24) is 29.4 Å². The molecule has 31 heavy (non-hydrogen) atoms. The number of aryl methyl sites for hydroxylation is 1. The molecule has 1 fully saturated rings. The highest BCUT2D eigenvalue weighted by Crippen LogP contribution is 2.37. The van der Waals surface area contributed by atoms with Crippen molar-refractivity contribution in [3.63, 3.8) is 0 Å². The Morgan fingerprint density at radius 2 is 1.87 bits per heavy atom. The van der Waals surface area contributed by atoms with E-state index in [1.165, 1.54) is 18.6 Å². The fourth-order valence-corrected chi connectivity index (χ4v) is 4.82. The lowest BCUT2D eigenvalue weighted by molar-refractivity contribution is 0.182. The van der Waals surface area contributed by atoms with Crippen molar-refractivity contribution in [1.29, 1.82) is 0 Å². The Hall–Kier alpha value is -3.16. The molecule has 0 bridgehead atoms. The maximum absolute atomic E-state index is 13.4. The van der Waals surface area contributed by atoms with Gasteiger partial charge in [-0.25, -0.2) is 9.37 Å². The average Bonchev–Trinajstić information content (AvgIpc) is 3.16. The van der Waals surface area contributed by atoms with Gasteiger partial charge in [0.2, 0.25) is 0 Å². The number of fused-ring (bicyclic) bond motifs is 3. The van der Waals surface area contributed by atoms with E-state index in [4.69, 9.17) is 0 Å². The summed E-state index contributed by atoms with van der Waals surface area (Å²) in [5.41, 5.74) is 3.34. The lowest BCUT2D eigenvalue weighted by Crippen LogP contribution is -2.34. The second-order valence-electron chi connectivity index (χ2n) is 8.58. The Morgan fingerprint density at radius 1 is 1.10 bits per heavy atom. The topological polar surface area (TPSA) is 78.0 Å². The van der Waals surface area contributed by atoms with Gasteiger partial charge in [0.1, 0.15) is 12.1 Å². The van der Waals surface area contributed by atoms with Crippen molar-refractivity contribution in [2.75, 3.05) is 0 Å². The molecule has 0 spiro atoms. The van der Waals surface area contributed by atoms with Gasteiger partial charge >= 0.3 is 0 Å². The van der Waals surface area contributed by atoms with Crippen LogP contribution >= 0.6 is 0 Å². The van der Waals surface area contributed by atoms with E-state index in [1.807, 2.05) is 6.92 Å². The molecule has 1 aliphatic rings. The fraction of sp³-hybridized carbons (Fsp3) is 0.435. The van der Waals surface area contributed by atoms with Gasteiger partial charge in [-0.2, -0.15) is 9.61 Å². The molecular formula is C23H25FN6O. The molecule has 3 unspecified atom stereocenters. The van der Waals surface area contributed by atoms with Crippen molar-refractivity contribution in [2.45, 2.75) is 52.5 Å². The Labute approximate surface area is 179 Å². The molecule has 7 nitrogen and oxygen atoms in total. The first-order chi connectivity index (χ1) is 15.0. The normalized spacial score (nSPS) is 21.7. The third kappa shape index (κ3) is 3.12. The Kier molecular flexibility index (Phi) is 4.79. The van der Waals surface area contributed by atoms with Gasteiger partial charge < -0.3 is 0 Å². The first-order valence-electron chi connectivity index (χ1n) is 10.9. The van der Waals surface area contributed by atoms with Crippen LogP contribution in [-0.4, -0.2) is 29.4 Å². The summed E-state index contributed by atoms with van der Waals surface area (Å²) >= 11 is 0. The monoisotopic (exact) mass is 420 g/mol. The molecule has 0 saturated heterocycles. The van der Waals surface area contributed by atoms with E-state index >= 15 is 0 Å². The second kappa shape index (κ2) is 7.51. The number of nitrogens with zero attached hydrogens (tertiary/aromatic N) is 6. The van der Waals surface area contributed by atoms with Crippen LogP contribution in [0.2, 0.25) is 0 Å². The zero-order valence-electron chi connectivity index (χ0n) is 17.9. The van der Waals surface area contributed by atoms with E-state index < -0.39 is 0 Å². The maximum Gasteiger partial charge on any atom is 0.283 e. The Morgan fingerprint density at radius 3 is 2.61 bits per heavy atom. The van der Waals surface area contributed by atoms with Crippen molar-refractivity contribution < 1.29 is 4.39 Å². The van der Waals surface area contributed by atoms with Crippen molar-refractivity contribution in [2.24, 2.45) is 11.8 Å². The van der Waals surface area contributed by atoms with Crippen LogP contribution in [0.5, 0.6) is 0 Å². The minimum absolute atomic E-state index is 0.115. The van der Waals surface area contributed by atoms with Gasteiger partial charge in [0.15, 0.2) is 16.8 Å². The molecule has 5 rings (SSSR count). The molecule has 3 heterocycles. The number of hydrogen-bond acceptors (Lipinski definition) is 5. The van der Waals surface area contributed by atoms with Crippen LogP contribution < -0.4 is 5.56 Å². The third-order valence-corrected chi connectivity index (χ3v) is 6.82. The first kappa shape index (κ1) is 19.8. The number of hydrogen-bond donors (Lipinski definition) is 0. The summed E-state index contributed by atoms with van der Waals surface area (Å²) in [5, 5.41) is 13.3. The molecule has 1 aromatic carbocycles. The van der Waals surface area contributed by atoms with Crippen LogP contribution in [0.4, 0.5) is 4.39 Å². The van der Waals surface area contributed by atoms with Crippen molar-refractivity contribution in [3.05, 3.63) is 52.5 Å². The second-order valence-corrected chi connectivity index (χ2v) is 8.58. The van der Waals surface area contributed by atoms with E-state index in [0.29, 0.717) is 29.6 Å². The van der Waals surface area contributed by atoms with Crippen LogP contribution in [0.3, 0.4) is 0 Å². The van der Waals surface area contributed by atoms with Crippen molar-refractivity contribution >= 4 is 16.8 Å². The molecule has 8 heteroatoms. The summed E-state index contributed by atoms with van der Waals surface area (Å²) < 4.78 is 16.8. The van der Waals surface area contributed by atoms with Gasteiger partial charge in [-0.1, -0.05) is 45.7 Å². The van der Waals surface area contributed by atoms with Gasteiger partial charge in [-0.3, -0.25) is 9.36 Å². The molecule has 1 saturated carbocycles. The van der Waals surface area contributed by atoms with Gasteiger partial charge in [-0.05, 0) is 42.4 Å². The van der Waals surface area contributed by atoms with E-state index in [-0.39, 0.29) is 22.9 Å². The summed E-state index contributed by atoms with van der Waals surface area (Å²) in [6.45, 7) is 6.44. The summed E-state index contributed by atoms with van der Waals surface area (Å²) in [6.07, 6.45) is 5.55. The van der Waals surface area contributed by atoms with E-state index in [0.717, 1.165) is 29.7 Å². The predicted molar refractivity (Wildman–Crippen MR) is 116 cm³/mol. The van der Waals surface area contributed by atoms with Crippen LogP contribution in [0.25, 0.3) is 27.9 Å². The summed E-state index contributed by atoms with van der Waals surface area (Å²) in [6, 6.07) is 6.35. The number of aromatic nitrogens is 6. The molecule has 0 radical (unpaired) electrons. The van der Waals surface area contributed by atoms with Crippen LogP contribution in [0, 0.1) is 17.7 Å². The average molecular weight is 420 g/mol. The SMILES string of the molecule is CCc1nn2c(nnc3c(=O)n(C4CCCC(C)C4C)cnc32)c1-c1ccc(F)cc1. The molecule has 3 atom stereocenters. The molecule has 4 aromatic rings. The van der Waals surface area contributed by atoms with Crippen LogP contribution in [-0.2, 0) is 6.42 Å². The molecule has 160 valence electrons. The molecule has 0 aliphatic heterocycles. The largest absolute Gasteiger partial charge is 0.294 e. The third-order valence-electron chi connectivity index (χ3n) is 6.82. The Bertz CT molecular complexity index is 1330. The molecule has 1 aliphatic carbocycles. The van der Waals surface area contributed by atoms with Gasteiger partial charge in [0, 0.05) is 6.04 Å². The molecule has 0 N–H and O–H groups in total. The van der Waals surface area contributed by atoms with Gasteiger partial charge in [0.25, 0.3) is 5.56 Å². The molecular weight excluding hydrogens is 395 g/mol. The first-order valence-corrected chi connectivity index (χ1v) is 10.9. The number of benzene rings is 1. The van der Waals surface area contributed by atoms with Crippen LogP contribution in [0.15, 0.2) is 35.4 Å². The minimum atomic E-state index is -0.303. The van der Waals surface area contributed by atoms with E-state index in [2.05, 4.69) is 34.1 Å². The summed E-state index contributed by atoms with van der Waals surface area (Å²) in [7, 11) is 0. The lowest BCUT2D eigenvalue weighted by atomic mass is 9.78. The predicted octanol–water partition coefficient (Wildman–Crippen LogP) is 4.20. The zero-order chi connectivity index (χ0) is 21.7. The zero-order valence-corrected chi connectivity index (χ0v) is 17.9. The van der Waals surface area contributed by atoms with Crippen LogP contribution in [0.1, 0.15) is 51.8 Å². The highest BCUT2D eigenvalue weighted by molar-refractivity contribution is 5.83. The quantitative estimate of drug-likeness (QED) is 0.496. The summed E-state index contributed by atoms with van der Waals surface area (Å²) in [4.78, 5) is 17.9. The Balaban J connectivity index is 1.70. The minimum Gasteiger partial charge on any atom is -0.294 e. The molecule has 3 aromatic heterocycles. The standard InChI is InChI=1S/C23H25FN6O/c1-4-17-19(15-8-10-16(24)11-9-15)21-27-26-20-22(30(21)28-17)25-12-29(23(20)31)18-7-5-6-13(2)14(18)3/h8-14,18H,4-7H2,1-3H3. The van der Waals surface area contributed by atoms with Crippen molar-refractivity contribution in [3.8, 4) is 11.1 Å². The number of halogens is 1. The smallest absolute Gasteiger partial charge is 0.283 e. The van der Waals surface area contributed by atoms with E-state index in [9.17, 15) is 9.18 Å². The maximum atomic E-state index is 13.4. The highest BCUT2D eigenvalue weighted by Gasteiger charge is 2.30. The van der Waals surface area contributed by atoms with Gasteiger partial charge in [0.05, 0.1) is 11.3 Å². The lowest BCUT2D eigenvalue weighted by Gasteiger charge is -2.34. The summed E-state index contributed by atoms with van der Waals surface area (Å²) in [5.74, 6) is 0.651. The fourth-order valence-electron chi connectivity index (χ4n) is 4.82. The highest BCUT2D eigenvalue weighted by atomic mass is 19.1.